The number of hydrogen-bond donors (Lipinski definition) is 0. The second-order valence-electron chi connectivity index (χ2n) is 9.63. The first-order valence-electron chi connectivity index (χ1n) is 10.5. The monoisotopic (exact) mass is 399 g/mol. The van der Waals surface area contributed by atoms with Crippen molar-refractivity contribution in [1.29, 1.82) is 0 Å². The predicted molar refractivity (Wildman–Crippen MR) is 107 cm³/mol. The largest absolute Gasteiger partial charge is 0.530 e. The van der Waals surface area contributed by atoms with E-state index in [-0.39, 0.29) is 5.92 Å². The fraction of sp³-hybridized carbons (Fsp3) is 0.667. The molecule has 0 radical (unpaired) electrons. The van der Waals surface area contributed by atoms with E-state index in [1.165, 1.54) is 16.2 Å². The minimum atomic E-state index is -1.08. The first-order valence-corrected chi connectivity index (χ1v) is 10.5. The zero-order valence-electron chi connectivity index (χ0n) is 17.6. The maximum Gasteiger partial charge on any atom is 0.494 e. The van der Waals surface area contributed by atoms with Crippen molar-refractivity contribution in [3.8, 4) is 0 Å². The second-order valence-corrected chi connectivity index (χ2v) is 9.63. The first kappa shape index (κ1) is 19.2. The molecule has 0 saturated carbocycles. The van der Waals surface area contributed by atoms with Gasteiger partial charge in [0.15, 0.2) is 0 Å². The average Bonchev–Trinajstić information content (AvgIpc) is 2.96. The van der Waals surface area contributed by atoms with E-state index in [2.05, 4.69) is 44.7 Å². The molecule has 1 aromatic rings. The van der Waals surface area contributed by atoms with Crippen LogP contribution in [-0.2, 0) is 20.7 Å². The third kappa shape index (κ3) is 2.87. The molecule has 156 valence electrons. The Bertz CT molecular complexity index is 842. The smallest absolute Gasteiger partial charge is 0.494 e. The van der Waals surface area contributed by atoms with Crippen LogP contribution >= 0.6 is 0 Å². The van der Waals surface area contributed by atoms with Gasteiger partial charge in [0.2, 0.25) is 0 Å². The summed E-state index contributed by atoms with van der Waals surface area (Å²) in [5, 5.41) is 11.5. The molecule has 2 fully saturated rings. The normalized spacial score (nSPS) is 29.4. The highest BCUT2D eigenvalue weighted by Gasteiger charge is 2.52. The third-order valence-electron chi connectivity index (χ3n) is 7.42. The van der Waals surface area contributed by atoms with E-state index in [1.807, 2.05) is 0 Å². The topological polar surface area (TPSA) is 74.3 Å². The van der Waals surface area contributed by atoms with Crippen LogP contribution in [0.15, 0.2) is 12.1 Å². The summed E-state index contributed by atoms with van der Waals surface area (Å²) in [7, 11) is -0.446. The van der Waals surface area contributed by atoms with E-state index in [1.54, 1.807) is 0 Å². The Labute approximate surface area is 172 Å². The zero-order chi connectivity index (χ0) is 20.6. The number of carboxylic acid groups (broad SMARTS) is 1. The minimum Gasteiger partial charge on any atom is -0.530 e. The van der Waals surface area contributed by atoms with Crippen LogP contribution in [0.5, 0.6) is 0 Å². The quantitative estimate of drug-likeness (QED) is 0.652. The van der Waals surface area contributed by atoms with Crippen molar-refractivity contribution in [2.75, 3.05) is 31.1 Å². The Hall–Kier alpha value is -1.77. The van der Waals surface area contributed by atoms with E-state index >= 15 is 0 Å². The number of benzene rings is 1. The zero-order valence-corrected chi connectivity index (χ0v) is 17.6. The fourth-order valence-corrected chi connectivity index (χ4v) is 5.18. The van der Waals surface area contributed by atoms with Crippen molar-refractivity contribution in [2.24, 2.45) is 0 Å². The number of fused-ring (bicyclic) bond motifs is 3. The number of rotatable bonds is 1. The lowest BCUT2D eigenvalue weighted by molar-refractivity contribution is -0.266. The average molecular weight is 399 g/mol. The summed E-state index contributed by atoms with van der Waals surface area (Å²) in [6, 6.07) is 4.62. The van der Waals surface area contributed by atoms with Gasteiger partial charge in [0.25, 0.3) is 0 Å². The van der Waals surface area contributed by atoms with Crippen LogP contribution in [0.3, 0.4) is 0 Å². The molecule has 5 rings (SSSR count). The van der Waals surface area contributed by atoms with Crippen LogP contribution in [0.25, 0.3) is 0 Å². The molecule has 0 unspecified atom stereocenters. The van der Waals surface area contributed by atoms with Gasteiger partial charge in [0.1, 0.15) is 6.09 Å². The van der Waals surface area contributed by atoms with Crippen molar-refractivity contribution < 1.29 is 23.9 Å². The number of carbonyl (C=O) groups is 1. The summed E-state index contributed by atoms with van der Waals surface area (Å²) in [5.74, 6) is 0.135. The third-order valence-corrected chi connectivity index (χ3v) is 7.42. The molecule has 0 aromatic heterocycles. The maximum absolute atomic E-state index is 11.5. The summed E-state index contributed by atoms with van der Waals surface area (Å²) < 4.78 is 18.5. The van der Waals surface area contributed by atoms with Gasteiger partial charge in [-0.05, 0) is 45.1 Å². The van der Waals surface area contributed by atoms with Gasteiger partial charge in [-0.1, -0.05) is 12.1 Å². The van der Waals surface area contributed by atoms with Gasteiger partial charge < -0.3 is 33.7 Å². The van der Waals surface area contributed by atoms with E-state index in [0.29, 0.717) is 32.3 Å². The van der Waals surface area contributed by atoms with Crippen LogP contribution < -0.4 is 15.5 Å². The number of anilines is 1. The SMILES string of the molecule is CC1(C)OB(c2cc3c4c(c2)[C@@H]2CN(C(=O)[O-])CC[C@@H]2N4CCOC3)OC1(C)C. The van der Waals surface area contributed by atoms with Crippen LogP contribution in [0.4, 0.5) is 10.5 Å². The van der Waals surface area contributed by atoms with Crippen LogP contribution in [0, 0.1) is 0 Å². The molecular weight excluding hydrogens is 371 g/mol. The molecule has 2 atom stereocenters. The van der Waals surface area contributed by atoms with Gasteiger partial charge in [0.05, 0.1) is 24.4 Å². The Balaban J connectivity index is 1.57. The van der Waals surface area contributed by atoms with Crippen LogP contribution in [0.2, 0.25) is 0 Å². The van der Waals surface area contributed by atoms with Crippen molar-refractivity contribution in [3.05, 3.63) is 23.3 Å². The molecule has 4 aliphatic heterocycles. The van der Waals surface area contributed by atoms with Gasteiger partial charge in [-0.25, -0.2) is 0 Å². The highest BCUT2D eigenvalue weighted by molar-refractivity contribution is 6.62. The molecule has 1 amide bonds. The lowest BCUT2D eigenvalue weighted by Crippen LogP contribution is -2.52. The number of likely N-dealkylation sites (tertiary alicyclic amines) is 1. The lowest BCUT2D eigenvalue weighted by atomic mass is 9.75. The molecule has 2 saturated heterocycles. The maximum atomic E-state index is 11.5. The van der Waals surface area contributed by atoms with Gasteiger partial charge >= 0.3 is 7.12 Å². The number of hydrogen-bond acceptors (Lipinski definition) is 6. The van der Waals surface area contributed by atoms with E-state index in [4.69, 9.17) is 14.0 Å². The Morgan fingerprint density at radius 3 is 2.59 bits per heavy atom. The van der Waals surface area contributed by atoms with E-state index in [0.717, 1.165) is 24.0 Å². The Kier molecular flexibility index (Phi) is 4.22. The molecule has 4 aliphatic rings. The number of piperidine rings is 1. The molecule has 0 bridgehead atoms. The molecule has 0 aliphatic carbocycles. The van der Waals surface area contributed by atoms with Gasteiger partial charge in [-0.3, -0.25) is 0 Å². The van der Waals surface area contributed by atoms with Gasteiger partial charge in [-0.15, -0.1) is 0 Å². The van der Waals surface area contributed by atoms with E-state index < -0.39 is 24.4 Å². The standard InChI is InChI=1S/C21H29BN2O5/c1-20(2)21(3,4)29-22(28-20)14-9-13-12-27-8-7-24-17-5-6-23(19(25)26)11-16(17)15(10-14)18(13)24/h9-10,16-17H,5-8,11-12H2,1-4H3,(H,25,26)/p-1/t16-,17-/m0/s1. The number of carbonyl (C=O) groups excluding carboxylic acids is 1. The molecule has 0 N–H and O–H groups in total. The highest BCUT2D eigenvalue weighted by Crippen LogP contribution is 2.47. The summed E-state index contributed by atoms with van der Waals surface area (Å²) >= 11 is 0. The molecular formula is C21H28BN2O5-. The Morgan fingerprint density at radius 2 is 1.90 bits per heavy atom. The number of amides is 1. The predicted octanol–water partition coefficient (Wildman–Crippen LogP) is 0.837. The molecule has 8 heteroatoms. The van der Waals surface area contributed by atoms with Crippen molar-refractivity contribution in [3.63, 3.8) is 0 Å². The van der Waals surface area contributed by atoms with Crippen molar-refractivity contribution in [2.45, 2.75) is 63.9 Å². The summed E-state index contributed by atoms with van der Waals surface area (Å²) in [6.45, 7) is 11.3. The summed E-state index contributed by atoms with van der Waals surface area (Å²) in [6.07, 6.45) is -0.278. The number of nitrogens with zero attached hydrogens (tertiary/aromatic N) is 2. The molecule has 29 heavy (non-hydrogen) atoms. The highest BCUT2D eigenvalue weighted by atomic mass is 16.7. The molecule has 7 nitrogen and oxygen atoms in total. The Morgan fingerprint density at radius 1 is 1.17 bits per heavy atom. The first-order chi connectivity index (χ1) is 13.7. The molecule has 4 heterocycles. The summed E-state index contributed by atoms with van der Waals surface area (Å²) in [5.41, 5.74) is 3.71. The van der Waals surface area contributed by atoms with Crippen LogP contribution in [0.1, 0.15) is 51.2 Å². The molecule has 0 spiro atoms. The van der Waals surface area contributed by atoms with Crippen molar-refractivity contribution >= 4 is 24.4 Å². The van der Waals surface area contributed by atoms with Crippen molar-refractivity contribution in [1.82, 2.24) is 4.90 Å². The fourth-order valence-electron chi connectivity index (χ4n) is 5.18. The van der Waals surface area contributed by atoms with Crippen LogP contribution in [-0.4, -0.2) is 61.6 Å². The van der Waals surface area contributed by atoms with Gasteiger partial charge in [0, 0.05) is 42.8 Å². The minimum absolute atomic E-state index is 0.135. The second kappa shape index (κ2) is 6.36. The van der Waals surface area contributed by atoms with Gasteiger partial charge in [-0.2, -0.15) is 0 Å². The number of ether oxygens (including phenoxy) is 1. The van der Waals surface area contributed by atoms with E-state index in [9.17, 15) is 9.90 Å². The lowest BCUT2D eigenvalue weighted by Gasteiger charge is -2.40. The molecule has 1 aromatic carbocycles. The summed E-state index contributed by atoms with van der Waals surface area (Å²) in [4.78, 5) is 15.4.